The Morgan fingerprint density at radius 2 is 1.66 bits per heavy atom. The van der Waals surface area contributed by atoms with Gasteiger partial charge in [-0.2, -0.15) is 0 Å². The number of nitrogens with one attached hydrogen (secondary N) is 2. The molecular weight excluding hydrogens is 668 g/mol. The molecule has 9 nitrogen and oxygen atoms in total. The molecule has 1 aromatic heterocycles. The van der Waals surface area contributed by atoms with Gasteiger partial charge in [0.2, 0.25) is 5.91 Å². The third kappa shape index (κ3) is 5.36. The molecule has 2 aromatic rings. The fraction of sp³-hybridized carbons (Fsp3) is 0.682. The summed E-state index contributed by atoms with van der Waals surface area (Å²) < 4.78 is 11.3. The molecule has 1 amide bonds. The number of amides is 1. The quantitative estimate of drug-likeness (QED) is 0.185. The summed E-state index contributed by atoms with van der Waals surface area (Å²) >= 11 is 0. The minimum absolute atomic E-state index is 0.0632. The van der Waals surface area contributed by atoms with Gasteiger partial charge in [0, 0.05) is 30.4 Å². The van der Waals surface area contributed by atoms with Crippen molar-refractivity contribution in [3.8, 4) is 0 Å². The first kappa shape index (κ1) is 37.7. The number of benzene rings is 1. The fourth-order valence-corrected chi connectivity index (χ4v) is 14.0. The Balaban J connectivity index is 1.23. The monoisotopic (exact) mass is 728 g/mol. The van der Waals surface area contributed by atoms with E-state index in [-0.39, 0.29) is 52.2 Å². The number of allylic oxidation sites excluding steroid dienone is 1. The highest BCUT2D eigenvalue weighted by atomic mass is 16.5. The maximum Gasteiger partial charge on any atom is 0.328 e. The van der Waals surface area contributed by atoms with Crippen LogP contribution in [0.25, 0.3) is 10.9 Å². The third-order valence-corrected chi connectivity index (χ3v) is 16.8. The molecule has 0 aliphatic heterocycles. The van der Waals surface area contributed by atoms with Gasteiger partial charge in [0.25, 0.3) is 0 Å². The molecule has 12 atom stereocenters. The van der Waals surface area contributed by atoms with Crippen LogP contribution in [0.5, 0.6) is 0 Å². The molecule has 0 saturated heterocycles. The molecule has 9 heteroatoms. The lowest BCUT2D eigenvalue weighted by Gasteiger charge is -2.72. The third-order valence-electron chi connectivity index (χ3n) is 16.8. The number of carboxylic acid groups (broad SMARTS) is 1. The number of hydrogen-bond acceptors (Lipinski definition) is 6. The van der Waals surface area contributed by atoms with Crippen LogP contribution in [0, 0.1) is 56.7 Å². The molecule has 3 N–H and O–H groups in total. The lowest BCUT2D eigenvalue weighted by atomic mass is 9.32. The Kier molecular flexibility index (Phi) is 9.25. The predicted octanol–water partition coefficient (Wildman–Crippen LogP) is 8.02. The number of esters is 2. The van der Waals surface area contributed by atoms with Gasteiger partial charge in [-0.05, 0) is 136 Å². The standard InChI is InChI=1S/C44H60N2O7/c1-25(2)28-15-20-44(39(50)51)22-21-41(5)30(36(28)44)13-14-33-40(4)18-17-35(53-26(3)47)43(7,34(40)16-19-42(33,41)6)38(49)46-32(37(48)52-8)23-27-24-45-31-12-10-9-11-29(27)31/h9-12,24,28,30,32-36,45H,1,13-23H2,2-8H3,(H,46,49)(H,50,51)/t28-,30+,32-,33+,34+,35+,36+,40+,41+,42+,43-,44-/m0/s1. The van der Waals surface area contributed by atoms with Crippen LogP contribution >= 0.6 is 0 Å². The number of aromatic nitrogens is 1. The molecule has 7 rings (SSSR count). The average Bonchev–Trinajstić information content (AvgIpc) is 3.72. The molecule has 0 bridgehead atoms. The summed E-state index contributed by atoms with van der Waals surface area (Å²) in [7, 11) is 1.34. The topological polar surface area (TPSA) is 135 Å². The molecule has 53 heavy (non-hydrogen) atoms. The minimum atomic E-state index is -1.09. The number of ether oxygens (including phenoxy) is 2. The summed E-state index contributed by atoms with van der Waals surface area (Å²) in [4.78, 5) is 57.3. The first-order valence-corrected chi connectivity index (χ1v) is 20.0. The second-order valence-electron chi connectivity index (χ2n) is 18.7. The summed E-state index contributed by atoms with van der Waals surface area (Å²) in [5.74, 6) is -1.05. The van der Waals surface area contributed by atoms with Crippen LogP contribution in [-0.2, 0) is 35.1 Å². The summed E-state index contributed by atoms with van der Waals surface area (Å²) in [6, 6.07) is 6.95. The SMILES string of the molecule is C=C(C)[C@@H]1CC[C@]2(C(=O)O)CC[C@]3(C)[C@H](CC[C@@H]4[C@@]5(C)CC[C@@H](OC(C)=O)[C@@](C)(C(=O)N[C@@H](Cc6c[nH]c7ccccc67)C(=O)OC)[C@@H]5CC[C@]43C)[C@@H]12. The summed E-state index contributed by atoms with van der Waals surface area (Å²) in [5, 5.41) is 14.9. The van der Waals surface area contributed by atoms with Gasteiger partial charge in [0.15, 0.2) is 0 Å². The van der Waals surface area contributed by atoms with Crippen molar-refractivity contribution >= 4 is 34.7 Å². The van der Waals surface area contributed by atoms with Crippen LogP contribution in [0.1, 0.15) is 111 Å². The van der Waals surface area contributed by atoms with Gasteiger partial charge >= 0.3 is 17.9 Å². The maximum atomic E-state index is 15.0. The van der Waals surface area contributed by atoms with E-state index in [4.69, 9.17) is 9.47 Å². The van der Waals surface area contributed by atoms with Crippen molar-refractivity contribution in [3.63, 3.8) is 0 Å². The van der Waals surface area contributed by atoms with E-state index < -0.39 is 40.9 Å². The van der Waals surface area contributed by atoms with E-state index in [1.54, 1.807) is 0 Å². The van der Waals surface area contributed by atoms with Gasteiger partial charge in [-0.3, -0.25) is 14.4 Å². The minimum Gasteiger partial charge on any atom is -0.481 e. The van der Waals surface area contributed by atoms with E-state index in [0.717, 1.165) is 73.4 Å². The van der Waals surface area contributed by atoms with Crippen LogP contribution < -0.4 is 5.32 Å². The molecule has 0 spiro atoms. The van der Waals surface area contributed by atoms with E-state index in [1.807, 2.05) is 37.4 Å². The van der Waals surface area contributed by atoms with Crippen LogP contribution in [0.2, 0.25) is 0 Å². The van der Waals surface area contributed by atoms with E-state index >= 15 is 4.79 Å². The second kappa shape index (κ2) is 13.0. The molecular formula is C44H60N2O7. The zero-order valence-electron chi connectivity index (χ0n) is 32.8. The van der Waals surface area contributed by atoms with Crippen LogP contribution in [0.15, 0.2) is 42.6 Å². The molecule has 5 saturated carbocycles. The number of carbonyl (C=O) groups is 4. The van der Waals surface area contributed by atoms with Gasteiger partial charge in [-0.25, -0.2) is 4.79 Å². The van der Waals surface area contributed by atoms with Crippen LogP contribution in [0.4, 0.5) is 0 Å². The van der Waals surface area contributed by atoms with Crippen molar-refractivity contribution in [2.45, 2.75) is 124 Å². The van der Waals surface area contributed by atoms with E-state index in [0.29, 0.717) is 18.8 Å². The largest absolute Gasteiger partial charge is 0.481 e. The highest BCUT2D eigenvalue weighted by Gasteiger charge is 2.73. The smallest absolute Gasteiger partial charge is 0.328 e. The van der Waals surface area contributed by atoms with E-state index in [1.165, 1.54) is 14.0 Å². The maximum absolute atomic E-state index is 15.0. The first-order valence-electron chi connectivity index (χ1n) is 20.0. The lowest BCUT2D eigenvalue weighted by molar-refractivity contribution is -0.250. The molecule has 1 aromatic carbocycles. The highest BCUT2D eigenvalue weighted by Crippen LogP contribution is 2.77. The van der Waals surface area contributed by atoms with Gasteiger partial charge in [0.05, 0.1) is 17.9 Å². The van der Waals surface area contributed by atoms with Gasteiger partial charge < -0.3 is 24.9 Å². The van der Waals surface area contributed by atoms with E-state index in [2.05, 4.69) is 44.6 Å². The van der Waals surface area contributed by atoms with Gasteiger partial charge in [-0.15, -0.1) is 0 Å². The van der Waals surface area contributed by atoms with E-state index in [9.17, 15) is 19.5 Å². The molecule has 5 aliphatic carbocycles. The van der Waals surface area contributed by atoms with Crippen molar-refractivity contribution in [3.05, 3.63) is 48.2 Å². The van der Waals surface area contributed by atoms with Crippen molar-refractivity contribution in [1.29, 1.82) is 0 Å². The molecule has 0 unspecified atom stereocenters. The summed E-state index contributed by atoms with van der Waals surface area (Å²) in [5.41, 5.74) is 0.824. The molecule has 5 fully saturated rings. The Labute approximate surface area is 314 Å². The summed E-state index contributed by atoms with van der Waals surface area (Å²) in [6.07, 6.45) is 9.71. The zero-order valence-corrected chi connectivity index (χ0v) is 32.8. The Morgan fingerprint density at radius 1 is 0.925 bits per heavy atom. The lowest BCUT2D eigenvalue weighted by Crippen LogP contribution is -2.69. The molecule has 0 radical (unpaired) electrons. The Hall–Kier alpha value is -3.62. The number of aliphatic carboxylic acids is 1. The molecule has 1 heterocycles. The van der Waals surface area contributed by atoms with Crippen molar-refractivity contribution in [1.82, 2.24) is 10.3 Å². The molecule has 5 aliphatic rings. The number of carbonyl (C=O) groups excluding carboxylic acids is 3. The predicted molar refractivity (Wildman–Crippen MR) is 202 cm³/mol. The number of aromatic amines is 1. The van der Waals surface area contributed by atoms with Crippen molar-refractivity contribution in [2.75, 3.05) is 7.11 Å². The zero-order chi connectivity index (χ0) is 38.3. The second-order valence-corrected chi connectivity index (χ2v) is 18.7. The average molecular weight is 729 g/mol. The van der Waals surface area contributed by atoms with Crippen molar-refractivity contribution < 1.29 is 33.8 Å². The van der Waals surface area contributed by atoms with Gasteiger partial charge in [0.1, 0.15) is 12.1 Å². The number of carboxylic acids is 1. The first-order chi connectivity index (χ1) is 25.0. The number of methoxy groups -OCH3 is 1. The van der Waals surface area contributed by atoms with Gasteiger partial charge in [-0.1, -0.05) is 51.1 Å². The normalized spacial score (nSPS) is 40.8. The number of H-pyrrole nitrogens is 1. The summed E-state index contributed by atoms with van der Waals surface area (Å²) in [6.45, 7) is 17.2. The Bertz CT molecular complexity index is 1830. The van der Waals surface area contributed by atoms with Crippen LogP contribution in [-0.4, -0.2) is 53.2 Å². The number of fused-ring (bicyclic) bond motifs is 8. The molecule has 288 valence electrons. The fourth-order valence-electron chi connectivity index (χ4n) is 14.0. The number of para-hydroxylation sites is 1. The number of rotatable bonds is 8. The Morgan fingerprint density at radius 3 is 2.34 bits per heavy atom. The highest BCUT2D eigenvalue weighted by molar-refractivity contribution is 5.90. The van der Waals surface area contributed by atoms with Crippen molar-refractivity contribution in [2.24, 2.45) is 56.7 Å². The van der Waals surface area contributed by atoms with Crippen LogP contribution in [0.3, 0.4) is 0 Å². The number of hydrogen-bond donors (Lipinski definition) is 3.